The summed E-state index contributed by atoms with van der Waals surface area (Å²) in [6.45, 7) is 1.68. The number of nitrogens with one attached hydrogen (secondary N) is 1. The van der Waals surface area contributed by atoms with Gasteiger partial charge >= 0.3 is 0 Å². The van der Waals surface area contributed by atoms with Gasteiger partial charge in [0, 0.05) is 29.1 Å². The molecular formula is C18H14N2O2. The first-order chi connectivity index (χ1) is 10.7. The van der Waals surface area contributed by atoms with Gasteiger partial charge < -0.3 is 4.98 Å². The number of Topliss-reactive ketones (excluding diaryl/α,β-unsaturated/α-hetero) is 1. The molecule has 4 nitrogen and oxygen atoms in total. The summed E-state index contributed by atoms with van der Waals surface area (Å²) in [5.41, 5.74) is 1.55. The summed E-state index contributed by atoms with van der Waals surface area (Å²) in [7, 11) is 0. The van der Waals surface area contributed by atoms with Gasteiger partial charge in [-0.25, -0.2) is 4.98 Å². The molecule has 2 aromatic carbocycles. The Morgan fingerprint density at radius 3 is 2.23 bits per heavy atom. The number of hydrogen-bond donors (Lipinski definition) is 1. The minimum absolute atomic E-state index is 0.0506. The number of carbonyl (C=O) groups excluding carboxylic acids is 2. The molecule has 0 atom stereocenters. The summed E-state index contributed by atoms with van der Waals surface area (Å²) >= 11 is 0. The Hall–Kier alpha value is -3.01. The second-order valence-electron chi connectivity index (χ2n) is 5.03. The molecule has 1 aliphatic carbocycles. The van der Waals surface area contributed by atoms with Gasteiger partial charge in [-0.3, -0.25) is 9.59 Å². The standard InChI is InChI=1S/C15H10O2.C3H4N2/c1-9-6-14(16)12-7-10-4-2-3-5-11(10)8-13(12)15(9)17;1-2-5-3-4-1/h2-8H,1H3;1-3H,(H,4,5). The molecule has 1 N–H and O–H groups in total. The van der Waals surface area contributed by atoms with Gasteiger partial charge in [0.15, 0.2) is 11.6 Å². The Bertz CT molecular complexity index is 860. The molecule has 0 saturated carbocycles. The van der Waals surface area contributed by atoms with E-state index in [9.17, 15) is 9.59 Å². The highest BCUT2D eigenvalue weighted by atomic mass is 16.1. The highest BCUT2D eigenvalue weighted by Crippen LogP contribution is 2.26. The van der Waals surface area contributed by atoms with Crippen molar-refractivity contribution in [2.45, 2.75) is 6.92 Å². The van der Waals surface area contributed by atoms with Gasteiger partial charge in [0.1, 0.15) is 0 Å². The number of H-pyrrole nitrogens is 1. The molecule has 3 aromatic rings. The van der Waals surface area contributed by atoms with Crippen LogP contribution in [0.4, 0.5) is 0 Å². The molecule has 0 spiro atoms. The molecule has 0 fully saturated rings. The van der Waals surface area contributed by atoms with E-state index in [0.29, 0.717) is 16.7 Å². The maximum Gasteiger partial charge on any atom is 0.189 e. The van der Waals surface area contributed by atoms with Gasteiger partial charge in [-0.15, -0.1) is 0 Å². The van der Waals surface area contributed by atoms with Crippen molar-refractivity contribution in [2.75, 3.05) is 0 Å². The van der Waals surface area contributed by atoms with Crippen LogP contribution >= 0.6 is 0 Å². The fourth-order valence-corrected chi connectivity index (χ4v) is 2.40. The highest BCUT2D eigenvalue weighted by Gasteiger charge is 2.23. The Morgan fingerprint density at radius 1 is 1.00 bits per heavy atom. The SMILES string of the molecule is CC1=CC(=O)c2cc3ccccc3cc2C1=O.c1c[nH]cn1. The highest BCUT2D eigenvalue weighted by molar-refractivity contribution is 6.25. The first-order valence-electron chi connectivity index (χ1n) is 6.89. The Labute approximate surface area is 127 Å². The number of hydrogen-bond acceptors (Lipinski definition) is 3. The molecule has 4 heteroatoms. The third kappa shape index (κ3) is 2.59. The lowest BCUT2D eigenvalue weighted by molar-refractivity contribution is 0.0985. The van der Waals surface area contributed by atoms with Crippen molar-refractivity contribution in [1.82, 2.24) is 9.97 Å². The van der Waals surface area contributed by atoms with Crippen LogP contribution in [0.2, 0.25) is 0 Å². The first-order valence-corrected chi connectivity index (χ1v) is 6.89. The maximum absolute atomic E-state index is 12.0. The number of imidazole rings is 1. The summed E-state index contributed by atoms with van der Waals surface area (Å²) in [4.78, 5) is 30.3. The van der Waals surface area contributed by atoms with Gasteiger partial charge in [0.05, 0.1) is 6.33 Å². The second kappa shape index (κ2) is 5.77. The molecule has 1 heterocycles. The van der Waals surface area contributed by atoms with Gasteiger partial charge in [0.2, 0.25) is 0 Å². The van der Waals surface area contributed by atoms with E-state index >= 15 is 0 Å². The molecule has 0 bridgehead atoms. The molecule has 4 rings (SSSR count). The zero-order chi connectivity index (χ0) is 15.5. The predicted molar refractivity (Wildman–Crippen MR) is 85.0 cm³/mol. The van der Waals surface area contributed by atoms with Crippen LogP contribution in [0, 0.1) is 0 Å². The smallest absolute Gasteiger partial charge is 0.189 e. The fourth-order valence-electron chi connectivity index (χ4n) is 2.40. The Kier molecular flexibility index (Phi) is 3.66. The lowest BCUT2D eigenvalue weighted by Gasteiger charge is -2.13. The maximum atomic E-state index is 12.0. The molecule has 0 saturated heterocycles. The minimum atomic E-state index is -0.0807. The topological polar surface area (TPSA) is 62.8 Å². The van der Waals surface area contributed by atoms with E-state index < -0.39 is 0 Å². The zero-order valence-corrected chi connectivity index (χ0v) is 12.0. The van der Waals surface area contributed by atoms with Crippen LogP contribution in [-0.2, 0) is 0 Å². The van der Waals surface area contributed by atoms with Crippen LogP contribution in [-0.4, -0.2) is 21.5 Å². The quantitative estimate of drug-likeness (QED) is 0.688. The monoisotopic (exact) mass is 290 g/mol. The fraction of sp³-hybridized carbons (Fsp3) is 0.0556. The number of rotatable bonds is 0. The van der Waals surface area contributed by atoms with Gasteiger partial charge in [0.25, 0.3) is 0 Å². The molecule has 1 aliphatic rings. The van der Waals surface area contributed by atoms with Crippen molar-refractivity contribution in [3.63, 3.8) is 0 Å². The van der Waals surface area contributed by atoms with E-state index in [0.717, 1.165) is 10.8 Å². The summed E-state index contributed by atoms with van der Waals surface area (Å²) < 4.78 is 0. The average Bonchev–Trinajstić information content (AvgIpc) is 3.11. The molecule has 1 aromatic heterocycles. The molecule has 108 valence electrons. The number of aromatic nitrogens is 2. The molecular weight excluding hydrogens is 276 g/mol. The minimum Gasteiger partial charge on any atom is -0.351 e. The van der Waals surface area contributed by atoms with Crippen LogP contribution in [0.15, 0.2) is 66.8 Å². The first kappa shape index (κ1) is 13.9. The zero-order valence-electron chi connectivity index (χ0n) is 12.0. The van der Waals surface area contributed by atoms with Crippen molar-refractivity contribution < 1.29 is 9.59 Å². The normalized spacial score (nSPS) is 13.2. The van der Waals surface area contributed by atoms with E-state index in [-0.39, 0.29) is 11.6 Å². The van der Waals surface area contributed by atoms with E-state index in [4.69, 9.17) is 0 Å². The summed E-state index contributed by atoms with van der Waals surface area (Å²) in [5, 5.41) is 1.97. The molecule has 0 radical (unpaired) electrons. The number of ketones is 2. The third-order valence-corrected chi connectivity index (χ3v) is 3.51. The Morgan fingerprint density at radius 2 is 1.68 bits per heavy atom. The van der Waals surface area contributed by atoms with E-state index in [1.54, 1.807) is 37.8 Å². The van der Waals surface area contributed by atoms with Crippen LogP contribution in [0.5, 0.6) is 0 Å². The third-order valence-electron chi connectivity index (χ3n) is 3.51. The van der Waals surface area contributed by atoms with Gasteiger partial charge in [-0.1, -0.05) is 24.3 Å². The average molecular weight is 290 g/mol. The van der Waals surface area contributed by atoms with E-state index in [1.165, 1.54) is 6.08 Å². The second-order valence-corrected chi connectivity index (χ2v) is 5.03. The van der Waals surface area contributed by atoms with Crippen LogP contribution in [0.3, 0.4) is 0 Å². The van der Waals surface area contributed by atoms with E-state index in [1.807, 2.05) is 24.3 Å². The van der Waals surface area contributed by atoms with Crippen molar-refractivity contribution in [1.29, 1.82) is 0 Å². The van der Waals surface area contributed by atoms with Gasteiger partial charge in [-0.05, 0) is 35.9 Å². The van der Waals surface area contributed by atoms with Crippen molar-refractivity contribution >= 4 is 22.3 Å². The lowest BCUT2D eigenvalue weighted by Crippen LogP contribution is -2.15. The van der Waals surface area contributed by atoms with Crippen LogP contribution in [0.25, 0.3) is 10.8 Å². The summed E-state index contributed by atoms with van der Waals surface area (Å²) in [6.07, 6.45) is 6.50. The molecule has 22 heavy (non-hydrogen) atoms. The largest absolute Gasteiger partial charge is 0.351 e. The van der Waals surface area contributed by atoms with Crippen LogP contribution in [0.1, 0.15) is 27.6 Å². The lowest BCUT2D eigenvalue weighted by atomic mass is 9.88. The van der Waals surface area contributed by atoms with Gasteiger partial charge in [-0.2, -0.15) is 0 Å². The molecule has 0 aliphatic heterocycles. The summed E-state index contributed by atoms with van der Waals surface area (Å²) in [5.74, 6) is -0.131. The summed E-state index contributed by atoms with van der Waals surface area (Å²) in [6, 6.07) is 11.3. The molecule has 0 amide bonds. The number of benzene rings is 2. The van der Waals surface area contributed by atoms with Crippen molar-refractivity contribution in [3.8, 4) is 0 Å². The molecule has 0 unspecified atom stereocenters. The predicted octanol–water partition coefficient (Wildman–Crippen LogP) is 3.57. The van der Waals surface area contributed by atoms with E-state index in [2.05, 4.69) is 9.97 Å². The van der Waals surface area contributed by atoms with Crippen molar-refractivity contribution in [2.24, 2.45) is 0 Å². The number of allylic oxidation sites excluding steroid dienone is 2. The van der Waals surface area contributed by atoms with Crippen LogP contribution < -0.4 is 0 Å². The number of nitrogens with zero attached hydrogens (tertiary/aromatic N) is 1. The van der Waals surface area contributed by atoms with Crippen molar-refractivity contribution in [3.05, 3.63) is 77.9 Å². The number of carbonyl (C=O) groups is 2. The Balaban J connectivity index is 0.000000246. The number of fused-ring (bicyclic) bond motifs is 2. The number of aromatic amines is 1.